The molecule has 1 saturated carbocycles. The molecule has 3 nitrogen and oxygen atoms in total. The number of carbonyl (C=O) groups is 1. The Hall–Kier alpha value is -0.570. The molecule has 0 radical (unpaired) electrons. The van der Waals surface area contributed by atoms with Gasteiger partial charge >= 0.3 is 0 Å². The van der Waals surface area contributed by atoms with E-state index in [-0.39, 0.29) is 5.91 Å². The van der Waals surface area contributed by atoms with Gasteiger partial charge in [0, 0.05) is 6.04 Å². The fourth-order valence-electron chi connectivity index (χ4n) is 2.82. The maximum atomic E-state index is 11.8. The number of carbonyl (C=O) groups excluding carboxylic acids is 1. The maximum absolute atomic E-state index is 11.8. The summed E-state index contributed by atoms with van der Waals surface area (Å²) in [5.41, 5.74) is 0. The lowest BCUT2D eigenvalue weighted by atomic mass is 9.87. The van der Waals surface area contributed by atoms with Gasteiger partial charge in [0.25, 0.3) is 0 Å². The highest BCUT2D eigenvalue weighted by molar-refractivity contribution is 5.78. The molecular formula is C13H24N2O. The van der Waals surface area contributed by atoms with Crippen LogP contribution in [0.1, 0.15) is 45.4 Å². The predicted molar refractivity (Wildman–Crippen MR) is 65.2 cm³/mol. The first kappa shape index (κ1) is 11.9. The van der Waals surface area contributed by atoms with Crippen LogP contribution < -0.4 is 5.32 Å². The molecule has 92 valence electrons. The summed E-state index contributed by atoms with van der Waals surface area (Å²) < 4.78 is 0. The van der Waals surface area contributed by atoms with Crippen molar-refractivity contribution in [3.8, 4) is 0 Å². The van der Waals surface area contributed by atoms with Gasteiger partial charge in [-0.25, -0.2) is 0 Å². The molecule has 3 heteroatoms. The van der Waals surface area contributed by atoms with Crippen LogP contribution in [0.2, 0.25) is 0 Å². The van der Waals surface area contributed by atoms with Crippen LogP contribution in [0.5, 0.6) is 0 Å². The number of nitrogens with one attached hydrogen (secondary N) is 1. The normalized spacial score (nSPS) is 31.6. The summed E-state index contributed by atoms with van der Waals surface area (Å²) >= 11 is 0. The number of hydrogen-bond acceptors (Lipinski definition) is 2. The Morgan fingerprint density at radius 2 is 1.81 bits per heavy atom. The lowest BCUT2D eigenvalue weighted by Crippen LogP contribution is -2.42. The van der Waals surface area contributed by atoms with Gasteiger partial charge in [0.1, 0.15) is 0 Å². The van der Waals surface area contributed by atoms with E-state index >= 15 is 0 Å². The van der Waals surface area contributed by atoms with Crippen LogP contribution in [0.4, 0.5) is 0 Å². The van der Waals surface area contributed by atoms with Crippen LogP contribution in [0.25, 0.3) is 0 Å². The molecule has 0 aromatic carbocycles. The molecule has 2 rings (SSSR count). The molecule has 0 spiro atoms. The number of amides is 1. The first-order valence-electron chi connectivity index (χ1n) is 6.76. The molecule has 1 saturated heterocycles. The molecule has 2 aliphatic rings. The summed E-state index contributed by atoms with van der Waals surface area (Å²) in [6, 6.07) is 0.450. The average Bonchev–Trinajstić information content (AvgIpc) is 2.74. The zero-order valence-electron chi connectivity index (χ0n) is 10.4. The van der Waals surface area contributed by atoms with Crippen LogP contribution in [0, 0.1) is 5.92 Å². The van der Waals surface area contributed by atoms with Crippen LogP contribution >= 0.6 is 0 Å². The smallest absolute Gasteiger partial charge is 0.234 e. The Morgan fingerprint density at radius 3 is 2.44 bits per heavy atom. The van der Waals surface area contributed by atoms with E-state index in [1.807, 2.05) is 0 Å². The van der Waals surface area contributed by atoms with Gasteiger partial charge < -0.3 is 5.32 Å². The van der Waals surface area contributed by atoms with Crippen molar-refractivity contribution in [3.05, 3.63) is 0 Å². The van der Waals surface area contributed by atoms with Crippen molar-refractivity contribution in [2.24, 2.45) is 5.92 Å². The van der Waals surface area contributed by atoms with Crippen molar-refractivity contribution in [1.82, 2.24) is 10.2 Å². The van der Waals surface area contributed by atoms with E-state index in [1.165, 1.54) is 38.5 Å². The van der Waals surface area contributed by atoms with Crippen LogP contribution in [0.15, 0.2) is 0 Å². The Kier molecular flexibility index (Phi) is 4.22. The number of nitrogens with zero attached hydrogens (tertiary/aromatic N) is 1. The fraction of sp³-hybridized carbons (Fsp3) is 0.923. The minimum absolute atomic E-state index is 0.237. The number of rotatable bonds is 3. The van der Waals surface area contributed by atoms with Crippen molar-refractivity contribution < 1.29 is 4.79 Å². The molecule has 0 aromatic heterocycles. The summed E-state index contributed by atoms with van der Waals surface area (Å²) in [6.07, 6.45) is 7.41. The van der Waals surface area contributed by atoms with Gasteiger partial charge in [-0.3, -0.25) is 9.69 Å². The standard InChI is InChI=1S/C13H24N2O/c1-11-4-6-12(7-5-11)14-13(16)10-15-8-2-3-9-15/h11-12H,2-10H2,1H3,(H,14,16)/t11-,12-. The molecule has 1 N–H and O–H groups in total. The van der Waals surface area contributed by atoms with Gasteiger partial charge in [0.05, 0.1) is 6.54 Å². The third-order valence-electron chi connectivity index (χ3n) is 3.95. The Bertz CT molecular complexity index is 228. The van der Waals surface area contributed by atoms with Gasteiger partial charge in [-0.2, -0.15) is 0 Å². The molecule has 1 amide bonds. The van der Waals surface area contributed by atoms with Crippen molar-refractivity contribution >= 4 is 5.91 Å². The molecule has 1 heterocycles. The van der Waals surface area contributed by atoms with Crippen molar-refractivity contribution in [2.75, 3.05) is 19.6 Å². The zero-order chi connectivity index (χ0) is 11.4. The van der Waals surface area contributed by atoms with E-state index in [9.17, 15) is 4.79 Å². The SMILES string of the molecule is C[C@H]1CC[C@H](NC(=O)CN2CCCC2)CC1. The van der Waals surface area contributed by atoms with Gasteiger partial charge in [-0.05, 0) is 57.5 Å². The van der Waals surface area contributed by atoms with Crippen LogP contribution in [0.3, 0.4) is 0 Å². The van der Waals surface area contributed by atoms with E-state index in [0.29, 0.717) is 12.6 Å². The van der Waals surface area contributed by atoms with Crippen LogP contribution in [-0.2, 0) is 4.79 Å². The molecule has 0 unspecified atom stereocenters. The Morgan fingerprint density at radius 1 is 1.19 bits per heavy atom. The quantitative estimate of drug-likeness (QED) is 0.792. The molecule has 0 aromatic rings. The monoisotopic (exact) mass is 224 g/mol. The van der Waals surface area contributed by atoms with E-state index in [0.717, 1.165) is 19.0 Å². The third kappa shape index (κ3) is 3.48. The van der Waals surface area contributed by atoms with Crippen molar-refractivity contribution in [3.63, 3.8) is 0 Å². The van der Waals surface area contributed by atoms with Gasteiger partial charge in [-0.1, -0.05) is 6.92 Å². The van der Waals surface area contributed by atoms with Gasteiger partial charge in [0.15, 0.2) is 0 Å². The average molecular weight is 224 g/mol. The van der Waals surface area contributed by atoms with Crippen LogP contribution in [-0.4, -0.2) is 36.5 Å². The first-order valence-corrected chi connectivity index (χ1v) is 6.76. The highest BCUT2D eigenvalue weighted by Crippen LogP contribution is 2.23. The van der Waals surface area contributed by atoms with E-state index in [1.54, 1.807) is 0 Å². The first-order chi connectivity index (χ1) is 7.74. The lowest BCUT2D eigenvalue weighted by Gasteiger charge is -2.27. The fourth-order valence-corrected chi connectivity index (χ4v) is 2.82. The third-order valence-corrected chi connectivity index (χ3v) is 3.95. The molecule has 2 fully saturated rings. The van der Waals surface area contributed by atoms with Gasteiger partial charge in [0.2, 0.25) is 5.91 Å². The second-order valence-corrected chi connectivity index (χ2v) is 5.51. The number of likely N-dealkylation sites (tertiary alicyclic amines) is 1. The topological polar surface area (TPSA) is 32.3 Å². The Balaban J connectivity index is 1.66. The summed E-state index contributed by atoms with van der Waals surface area (Å²) in [5.74, 6) is 1.09. The summed E-state index contributed by atoms with van der Waals surface area (Å²) in [4.78, 5) is 14.1. The van der Waals surface area contributed by atoms with E-state index < -0.39 is 0 Å². The molecular weight excluding hydrogens is 200 g/mol. The lowest BCUT2D eigenvalue weighted by molar-refractivity contribution is -0.123. The maximum Gasteiger partial charge on any atom is 0.234 e. The second kappa shape index (κ2) is 5.67. The highest BCUT2D eigenvalue weighted by Gasteiger charge is 2.21. The van der Waals surface area contributed by atoms with Crippen molar-refractivity contribution in [2.45, 2.75) is 51.5 Å². The predicted octanol–water partition coefficient (Wildman–Crippen LogP) is 1.78. The largest absolute Gasteiger partial charge is 0.352 e. The van der Waals surface area contributed by atoms with Gasteiger partial charge in [-0.15, -0.1) is 0 Å². The summed E-state index contributed by atoms with van der Waals surface area (Å²) in [6.45, 7) is 5.14. The molecule has 0 atom stereocenters. The molecule has 16 heavy (non-hydrogen) atoms. The van der Waals surface area contributed by atoms with Crippen molar-refractivity contribution in [1.29, 1.82) is 0 Å². The molecule has 0 bridgehead atoms. The summed E-state index contributed by atoms with van der Waals surface area (Å²) in [5, 5.41) is 3.19. The zero-order valence-corrected chi connectivity index (χ0v) is 10.4. The minimum atomic E-state index is 0.237. The van der Waals surface area contributed by atoms with E-state index in [4.69, 9.17) is 0 Å². The van der Waals surface area contributed by atoms with E-state index in [2.05, 4.69) is 17.1 Å². The highest BCUT2D eigenvalue weighted by atomic mass is 16.2. The molecule has 1 aliphatic heterocycles. The summed E-state index contributed by atoms with van der Waals surface area (Å²) in [7, 11) is 0. The second-order valence-electron chi connectivity index (χ2n) is 5.51. The Labute approximate surface area is 98.6 Å². The number of hydrogen-bond donors (Lipinski definition) is 1. The molecule has 1 aliphatic carbocycles. The minimum Gasteiger partial charge on any atom is -0.352 e.